The summed E-state index contributed by atoms with van der Waals surface area (Å²) in [7, 11) is 3.79. The quantitative estimate of drug-likeness (QED) is 0.796. The predicted octanol–water partition coefficient (Wildman–Crippen LogP) is 1.40. The minimum absolute atomic E-state index is 0.406. The number of nitrogens with zero attached hydrogens (tertiary/aromatic N) is 4. The van der Waals surface area contributed by atoms with E-state index < -0.39 is 0 Å². The summed E-state index contributed by atoms with van der Waals surface area (Å²) < 4.78 is 7.31. The molecule has 0 amide bonds. The Morgan fingerprint density at radius 1 is 1.30 bits per heavy atom. The van der Waals surface area contributed by atoms with Gasteiger partial charge in [-0.15, -0.1) is 0 Å². The molecule has 0 aliphatic carbocycles. The fourth-order valence-electron chi connectivity index (χ4n) is 1.71. The van der Waals surface area contributed by atoms with E-state index in [0.29, 0.717) is 25.6 Å². The Morgan fingerprint density at radius 2 is 2.10 bits per heavy atom. The maximum Gasteiger partial charge on any atom is 0.158 e. The zero-order chi connectivity index (χ0) is 14.4. The molecule has 0 unspecified atom stereocenters. The topological polar surface area (TPSA) is 76.9 Å². The fraction of sp³-hybridized carbons (Fsp3) is 0.462. The number of anilines is 2. The molecule has 0 fully saturated rings. The molecule has 20 heavy (non-hydrogen) atoms. The lowest BCUT2D eigenvalue weighted by molar-refractivity contribution is 0.128. The van der Waals surface area contributed by atoms with Crippen LogP contribution in [-0.2, 0) is 24.9 Å². The highest BCUT2D eigenvalue weighted by Crippen LogP contribution is 2.12. The van der Waals surface area contributed by atoms with Crippen LogP contribution in [-0.4, -0.2) is 33.2 Å². The summed E-state index contributed by atoms with van der Waals surface area (Å²) in [6.07, 6.45) is 3.69. The summed E-state index contributed by atoms with van der Waals surface area (Å²) in [5.74, 6) is 3.11. The van der Waals surface area contributed by atoms with Crippen molar-refractivity contribution >= 4 is 11.6 Å². The predicted molar refractivity (Wildman–Crippen MR) is 77.4 cm³/mol. The van der Waals surface area contributed by atoms with E-state index in [2.05, 4.69) is 25.6 Å². The molecule has 108 valence electrons. The van der Waals surface area contributed by atoms with E-state index in [1.54, 1.807) is 6.20 Å². The highest BCUT2D eigenvalue weighted by molar-refractivity contribution is 5.47. The summed E-state index contributed by atoms with van der Waals surface area (Å²) >= 11 is 0. The third-order valence-electron chi connectivity index (χ3n) is 2.81. The van der Waals surface area contributed by atoms with Gasteiger partial charge in [-0.05, 0) is 6.92 Å². The van der Waals surface area contributed by atoms with E-state index in [1.807, 2.05) is 37.8 Å². The minimum Gasteiger partial charge on any atom is -0.374 e. The number of aryl methyl sites for hydroxylation is 1. The highest BCUT2D eigenvalue weighted by Gasteiger charge is 2.05. The molecule has 2 aromatic rings. The fourth-order valence-corrected chi connectivity index (χ4v) is 1.71. The van der Waals surface area contributed by atoms with Gasteiger partial charge in [0.1, 0.15) is 24.1 Å². The lowest BCUT2D eigenvalue weighted by atomic mass is 10.4. The maximum absolute atomic E-state index is 5.35. The highest BCUT2D eigenvalue weighted by atomic mass is 16.5. The van der Waals surface area contributed by atoms with Crippen LogP contribution in [0.4, 0.5) is 11.6 Å². The lowest BCUT2D eigenvalue weighted by Gasteiger charge is -2.10. The van der Waals surface area contributed by atoms with Crippen LogP contribution in [0.25, 0.3) is 0 Å². The Kier molecular flexibility index (Phi) is 4.89. The van der Waals surface area contributed by atoms with Crippen molar-refractivity contribution in [3.8, 4) is 0 Å². The van der Waals surface area contributed by atoms with Gasteiger partial charge >= 0.3 is 0 Å². The molecule has 0 radical (unpaired) electrons. The smallest absolute Gasteiger partial charge is 0.158 e. The average molecular weight is 276 g/mol. The minimum atomic E-state index is 0.406. The van der Waals surface area contributed by atoms with Crippen LogP contribution in [0.15, 0.2) is 18.5 Å². The molecular formula is C13H20N6O. The Labute approximate surface area is 118 Å². The molecule has 0 aliphatic rings. The van der Waals surface area contributed by atoms with Crippen molar-refractivity contribution in [2.45, 2.75) is 20.1 Å². The van der Waals surface area contributed by atoms with E-state index in [9.17, 15) is 0 Å². The third kappa shape index (κ3) is 3.67. The maximum atomic E-state index is 5.35. The molecule has 2 heterocycles. The average Bonchev–Trinajstić information content (AvgIpc) is 2.88. The number of ether oxygens (including phenoxy) is 1. The van der Waals surface area contributed by atoms with Crippen molar-refractivity contribution in [3.63, 3.8) is 0 Å². The van der Waals surface area contributed by atoms with Gasteiger partial charge in [0.25, 0.3) is 0 Å². The van der Waals surface area contributed by atoms with Crippen LogP contribution in [0.3, 0.4) is 0 Å². The summed E-state index contributed by atoms with van der Waals surface area (Å²) in [5.41, 5.74) is 0. The number of rotatable bonds is 7. The van der Waals surface area contributed by atoms with Gasteiger partial charge in [-0.1, -0.05) is 0 Å². The largest absolute Gasteiger partial charge is 0.374 e. The number of hydrogen-bond donors (Lipinski definition) is 2. The number of imidazole rings is 1. The van der Waals surface area contributed by atoms with E-state index >= 15 is 0 Å². The first-order valence-electron chi connectivity index (χ1n) is 6.56. The van der Waals surface area contributed by atoms with E-state index in [-0.39, 0.29) is 0 Å². The Morgan fingerprint density at radius 3 is 2.75 bits per heavy atom. The van der Waals surface area contributed by atoms with Gasteiger partial charge in [-0.25, -0.2) is 15.0 Å². The molecule has 2 N–H and O–H groups in total. The van der Waals surface area contributed by atoms with Crippen LogP contribution < -0.4 is 10.6 Å². The van der Waals surface area contributed by atoms with Gasteiger partial charge in [0.15, 0.2) is 5.82 Å². The Bertz CT molecular complexity index is 554. The second-order valence-electron chi connectivity index (χ2n) is 4.25. The lowest BCUT2D eigenvalue weighted by Crippen LogP contribution is -2.10. The summed E-state index contributed by atoms with van der Waals surface area (Å²) in [5, 5.41) is 6.27. The number of hydrogen-bond acceptors (Lipinski definition) is 6. The van der Waals surface area contributed by atoms with Gasteiger partial charge < -0.3 is 19.9 Å². The molecule has 0 atom stereocenters. The molecule has 2 rings (SSSR count). The van der Waals surface area contributed by atoms with Crippen molar-refractivity contribution in [1.82, 2.24) is 19.5 Å². The van der Waals surface area contributed by atoms with E-state index in [4.69, 9.17) is 4.74 Å². The zero-order valence-corrected chi connectivity index (χ0v) is 12.1. The van der Waals surface area contributed by atoms with Crippen molar-refractivity contribution in [3.05, 3.63) is 30.1 Å². The Hall–Kier alpha value is -2.15. The van der Waals surface area contributed by atoms with Gasteiger partial charge in [0, 0.05) is 39.2 Å². The Balaban J connectivity index is 2.07. The van der Waals surface area contributed by atoms with Crippen LogP contribution in [0.1, 0.15) is 18.6 Å². The van der Waals surface area contributed by atoms with Crippen LogP contribution in [0.5, 0.6) is 0 Å². The number of aromatic nitrogens is 4. The van der Waals surface area contributed by atoms with Crippen molar-refractivity contribution < 1.29 is 4.74 Å². The summed E-state index contributed by atoms with van der Waals surface area (Å²) in [4.78, 5) is 13.0. The number of nitrogens with one attached hydrogen (secondary N) is 2. The second kappa shape index (κ2) is 6.85. The molecule has 0 saturated heterocycles. The van der Waals surface area contributed by atoms with Gasteiger partial charge in [0.2, 0.25) is 0 Å². The summed E-state index contributed by atoms with van der Waals surface area (Å²) in [6.45, 7) is 3.60. The standard InChI is InChI=1S/C13H20N6O/c1-4-20-9-12-17-10(14-2)7-11(18-12)16-8-13-15-5-6-19(13)3/h5-7H,4,8-9H2,1-3H3,(H2,14,16,17,18). The molecular weight excluding hydrogens is 256 g/mol. The van der Waals surface area contributed by atoms with E-state index in [1.165, 1.54) is 0 Å². The second-order valence-corrected chi connectivity index (χ2v) is 4.25. The molecule has 7 heteroatoms. The zero-order valence-electron chi connectivity index (χ0n) is 12.1. The van der Waals surface area contributed by atoms with Gasteiger partial charge in [0.05, 0.1) is 6.54 Å². The summed E-state index contributed by atoms with van der Waals surface area (Å²) in [6, 6.07) is 1.86. The van der Waals surface area contributed by atoms with E-state index in [0.717, 1.165) is 17.5 Å². The molecule has 0 spiro atoms. The SMILES string of the molecule is CCOCc1nc(NC)cc(NCc2nccn2C)n1. The van der Waals surface area contributed by atoms with Crippen molar-refractivity contribution in [2.24, 2.45) is 7.05 Å². The first kappa shape index (κ1) is 14.3. The molecule has 0 aromatic carbocycles. The third-order valence-corrected chi connectivity index (χ3v) is 2.81. The van der Waals surface area contributed by atoms with Crippen molar-refractivity contribution in [2.75, 3.05) is 24.3 Å². The van der Waals surface area contributed by atoms with Gasteiger partial charge in [-0.2, -0.15) is 0 Å². The first-order valence-corrected chi connectivity index (χ1v) is 6.56. The van der Waals surface area contributed by atoms with Crippen LogP contribution in [0.2, 0.25) is 0 Å². The molecule has 0 bridgehead atoms. The van der Waals surface area contributed by atoms with Gasteiger partial charge in [-0.3, -0.25) is 0 Å². The van der Waals surface area contributed by atoms with Crippen LogP contribution >= 0.6 is 0 Å². The normalized spacial score (nSPS) is 10.6. The first-order chi connectivity index (χ1) is 9.72. The molecule has 0 saturated carbocycles. The molecule has 2 aromatic heterocycles. The molecule has 7 nitrogen and oxygen atoms in total. The monoisotopic (exact) mass is 276 g/mol. The van der Waals surface area contributed by atoms with Crippen molar-refractivity contribution in [1.29, 1.82) is 0 Å². The van der Waals surface area contributed by atoms with Crippen LogP contribution in [0, 0.1) is 0 Å². The molecule has 0 aliphatic heterocycles.